The number of carboxylic acids is 1. The van der Waals surface area contributed by atoms with E-state index in [9.17, 15) is 9.90 Å². The summed E-state index contributed by atoms with van der Waals surface area (Å²) in [5.41, 5.74) is 2.10. The Bertz CT molecular complexity index is 751. The van der Waals surface area contributed by atoms with Gasteiger partial charge in [0, 0.05) is 108 Å². The Hall–Kier alpha value is -0.676. The molecule has 1 aliphatic heterocycles. The second kappa shape index (κ2) is 21.1. The summed E-state index contributed by atoms with van der Waals surface area (Å²) in [6.45, 7) is 6.10. The number of rotatable bonds is 14. The molecule has 1 fully saturated rings. The first-order valence-corrected chi connectivity index (χ1v) is 12.5. The van der Waals surface area contributed by atoms with Gasteiger partial charge in [-0.05, 0) is 24.1 Å². The third-order valence-electron chi connectivity index (χ3n) is 6.47. The minimum atomic E-state index is -0.908. The van der Waals surface area contributed by atoms with E-state index in [4.69, 9.17) is 20.4 Å². The van der Waals surface area contributed by atoms with Crippen LogP contribution >= 0.6 is 0 Å². The Morgan fingerprint density at radius 3 is 2.32 bits per heavy atom. The number of aliphatic hydroxyl groups excluding tert-OH is 1. The Labute approximate surface area is 253 Å². The fraction of sp³-hybridized carbons (Fsp3) is 0.667. The molecule has 0 aliphatic carbocycles. The van der Waals surface area contributed by atoms with Gasteiger partial charge in [-0.25, -0.2) is 4.89 Å². The molecule has 1 saturated heterocycles. The van der Waals surface area contributed by atoms with Crippen molar-refractivity contribution >= 4 is 11.7 Å². The van der Waals surface area contributed by atoms with E-state index in [0.717, 1.165) is 11.3 Å². The van der Waals surface area contributed by atoms with Gasteiger partial charge in [-0.15, -0.1) is 6.54 Å². The number of carbonyl (C=O) groups is 1. The second-order valence-electron chi connectivity index (χ2n) is 8.96. The quantitative estimate of drug-likeness (QED) is 0.0768. The third-order valence-corrected chi connectivity index (χ3v) is 6.47. The Morgan fingerprint density at radius 1 is 1.05 bits per heavy atom. The standard InChI is InChI=1S/C24H42N5O8.Lu/c1-25-22-4-2-21(3-5-22)16-23-17-28(18-24(31)32)9-8-27(19-35-20-30)7-6-26(12-14-36-33)10-11-29(23)13-15-37-34;/h2-5,15,23,25,30,33-34H,6-14,16-20H2,1H3,(H,31,32);/q-1;. The van der Waals surface area contributed by atoms with Crippen molar-refractivity contribution in [1.82, 2.24) is 19.6 Å². The molecule has 0 saturated carbocycles. The number of benzene rings is 1. The smallest absolute Gasteiger partial charge is 0.317 e. The van der Waals surface area contributed by atoms with Gasteiger partial charge in [0.15, 0.2) is 0 Å². The Kier molecular flexibility index (Phi) is 19.6. The first-order valence-electron chi connectivity index (χ1n) is 12.5. The van der Waals surface area contributed by atoms with Crippen LogP contribution in [0.2, 0.25) is 0 Å². The number of ether oxygens (including phenoxy) is 1. The summed E-state index contributed by atoms with van der Waals surface area (Å²) in [5, 5.41) is 39.7. The fourth-order valence-corrected chi connectivity index (χ4v) is 4.42. The van der Waals surface area contributed by atoms with Gasteiger partial charge in [-0.2, -0.15) is 6.61 Å². The van der Waals surface area contributed by atoms with Crippen LogP contribution in [-0.4, -0.2) is 145 Å². The van der Waals surface area contributed by atoms with E-state index in [-0.39, 0.29) is 62.8 Å². The molecular weight excluding hydrogens is 661 g/mol. The monoisotopic (exact) mass is 703 g/mol. The number of anilines is 1. The molecule has 38 heavy (non-hydrogen) atoms. The van der Waals surface area contributed by atoms with Crippen LogP contribution < -0.4 is 5.32 Å². The molecular formula is C24H42LuN5O8-. The number of hydrogen-bond acceptors (Lipinski definition) is 12. The molecule has 1 unspecified atom stereocenters. The van der Waals surface area contributed by atoms with E-state index in [0.29, 0.717) is 65.3 Å². The van der Waals surface area contributed by atoms with E-state index in [2.05, 4.69) is 24.9 Å². The van der Waals surface area contributed by atoms with Crippen molar-refractivity contribution in [2.45, 2.75) is 12.5 Å². The first-order chi connectivity index (χ1) is 18.0. The molecule has 1 heterocycles. The van der Waals surface area contributed by atoms with Crippen LogP contribution in [-0.2, 0) is 25.7 Å². The minimum absolute atomic E-state index is 0. The fourth-order valence-electron chi connectivity index (χ4n) is 4.42. The molecule has 14 heteroatoms. The zero-order valence-corrected chi connectivity index (χ0v) is 23.5. The molecule has 2 rings (SSSR count). The van der Waals surface area contributed by atoms with Gasteiger partial charge in [-0.3, -0.25) is 30.0 Å². The van der Waals surface area contributed by atoms with Crippen molar-refractivity contribution in [2.75, 3.05) is 97.9 Å². The van der Waals surface area contributed by atoms with Gasteiger partial charge in [-0.1, -0.05) is 12.1 Å². The molecule has 1 radical (unpaired) electrons. The van der Waals surface area contributed by atoms with Crippen molar-refractivity contribution in [3.8, 4) is 0 Å². The molecule has 1 aromatic carbocycles. The molecule has 0 aromatic heterocycles. The maximum Gasteiger partial charge on any atom is 0.317 e. The van der Waals surface area contributed by atoms with Crippen LogP contribution in [0.4, 0.5) is 5.69 Å². The van der Waals surface area contributed by atoms with E-state index in [1.54, 1.807) is 0 Å². The summed E-state index contributed by atoms with van der Waals surface area (Å²) in [6.07, 6.45) is 0.663. The molecule has 1 atom stereocenters. The van der Waals surface area contributed by atoms with Gasteiger partial charge < -0.3 is 30.1 Å². The molecule has 0 bridgehead atoms. The van der Waals surface area contributed by atoms with Gasteiger partial charge >= 0.3 is 5.97 Å². The molecule has 1 aromatic rings. The number of aliphatic carboxylic acids is 1. The van der Waals surface area contributed by atoms with Crippen molar-refractivity contribution in [1.29, 1.82) is 0 Å². The number of nitrogens with one attached hydrogen (secondary N) is 1. The van der Waals surface area contributed by atoms with E-state index in [1.807, 2.05) is 41.1 Å². The maximum absolute atomic E-state index is 11.7. The zero-order chi connectivity index (χ0) is 26.9. The van der Waals surface area contributed by atoms with Gasteiger partial charge in [0.05, 0.1) is 13.2 Å². The molecule has 227 valence electrons. The summed E-state index contributed by atoms with van der Waals surface area (Å²) in [5.74, 6) is -0.908. The van der Waals surface area contributed by atoms with Crippen LogP contribution in [0.5, 0.6) is 0 Å². The topological polar surface area (TPSA) is 151 Å². The number of nitrogens with zero attached hydrogens (tertiary/aromatic N) is 4. The molecule has 5 N–H and O–H groups in total. The normalized spacial score (nSPS) is 19.3. The number of carboxylic acid groups (broad SMARTS) is 1. The maximum atomic E-state index is 11.7. The summed E-state index contributed by atoms with van der Waals surface area (Å²) >= 11 is 0. The Balaban J connectivity index is 0.00000722. The number of hydrogen-bond donors (Lipinski definition) is 5. The predicted molar refractivity (Wildman–Crippen MR) is 137 cm³/mol. The summed E-state index contributed by atoms with van der Waals surface area (Å²) in [7, 11) is 1.86. The largest absolute Gasteiger partial charge is 0.480 e. The van der Waals surface area contributed by atoms with Crippen molar-refractivity contribution in [3.63, 3.8) is 0 Å². The third kappa shape index (κ3) is 14.1. The first kappa shape index (κ1) is 35.4. The van der Waals surface area contributed by atoms with Crippen LogP contribution in [0.15, 0.2) is 24.3 Å². The average molecular weight is 704 g/mol. The van der Waals surface area contributed by atoms with Crippen molar-refractivity contribution < 1.29 is 76.9 Å². The van der Waals surface area contributed by atoms with Crippen molar-refractivity contribution in [2.24, 2.45) is 0 Å². The SMILES string of the molecule is CNc1ccc(CC2CN(CC(=O)O)CCN(COCO)CCN(CCOO)CCN2C[CH-]OO)cc1.[Lu]. The molecule has 0 amide bonds. The van der Waals surface area contributed by atoms with E-state index >= 15 is 0 Å². The van der Waals surface area contributed by atoms with Crippen LogP contribution in [0.25, 0.3) is 0 Å². The van der Waals surface area contributed by atoms with Crippen LogP contribution in [0, 0.1) is 43.5 Å². The van der Waals surface area contributed by atoms with Crippen molar-refractivity contribution in [3.05, 3.63) is 36.4 Å². The van der Waals surface area contributed by atoms with Crippen LogP contribution in [0.1, 0.15) is 5.56 Å². The zero-order valence-electron chi connectivity index (χ0n) is 21.8. The van der Waals surface area contributed by atoms with Gasteiger partial charge in [0.25, 0.3) is 0 Å². The average Bonchev–Trinajstić information content (AvgIpc) is 2.89. The molecule has 1 aliphatic rings. The summed E-state index contributed by atoms with van der Waals surface area (Å²) in [4.78, 5) is 28.6. The molecule has 0 spiro atoms. The van der Waals surface area contributed by atoms with Gasteiger partial charge in [0.1, 0.15) is 13.5 Å². The van der Waals surface area contributed by atoms with Gasteiger partial charge in [0.2, 0.25) is 0 Å². The summed E-state index contributed by atoms with van der Waals surface area (Å²) in [6, 6.07) is 8.02. The Morgan fingerprint density at radius 2 is 1.71 bits per heavy atom. The van der Waals surface area contributed by atoms with Crippen LogP contribution in [0.3, 0.4) is 0 Å². The van der Waals surface area contributed by atoms with E-state index in [1.165, 1.54) is 6.61 Å². The second-order valence-corrected chi connectivity index (χ2v) is 8.96. The summed E-state index contributed by atoms with van der Waals surface area (Å²) < 4.78 is 5.22. The predicted octanol–water partition coefficient (Wildman–Crippen LogP) is 0.0105. The minimum Gasteiger partial charge on any atom is -0.480 e. The number of aliphatic hydroxyl groups is 1. The van der Waals surface area contributed by atoms with E-state index < -0.39 is 12.8 Å². The molecule has 13 nitrogen and oxygen atoms in total.